The number of halogens is 4. The topological polar surface area (TPSA) is 139 Å². The first kappa shape index (κ1) is 30.3. The Hall–Kier alpha value is -4.17. The third-order valence-electron chi connectivity index (χ3n) is 6.72. The van der Waals surface area contributed by atoms with Gasteiger partial charge in [0.15, 0.2) is 4.90 Å². The number of carbonyl (C=O) groups excluding carboxylic acids is 1. The minimum atomic E-state index is -4.84. The Bertz CT molecular complexity index is 1780. The second kappa shape index (κ2) is 12.2. The smallest absolute Gasteiger partial charge is 0.407 e. The van der Waals surface area contributed by atoms with E-state index in [9.17, 15) is 26.4 Å². The molecule has 1 amide bonds. The molecule has 0 unspecified atom stereocenters. The fourth-order valence-corrected chi connectivity index (χ4v) is 5.93. The van der Waals surface area contributed by atoms with Crippen LogP contribution < -0.4 is 10.0 Å². The summed E-state index contributed by atoms with van der Waals surface area (Å²) in [5.41, 5.74) is 0.616. The maximum absolute atomic E-state index is 15.0. The number of hydrogen-bond donors (Lipinski definition) is 3. The number of imidazole rings is 1. The monoisotopic (exact) mass is 634 g/mol. The Morgan fingerprint density at radius 3 is 2.56 bits per heavy atom. The van der Waals surface area contributed by atoms with Crippen molar-refractivity contribution in [1.82, 2.24) is 25.3 Å². The lowest BCUT2D eigenvalue weighted by atomic mass is 10.1. The fourth-order valence-electron chi connectivity index (χ4n) is 4.43. The Morgan fingerprint density at radius 2 is 1.88 bits per heavy atom. The average molecular weight is 635 g/mol. The van der Waals surface area contributed by atoms with Crippen molar-refractivity contribution in [3.05, 3.63) is 76.7 Å². The molecule has 10 nitrogen and oxygen atoms in total. The van der Waals surface area contributed by atoms with Crippen molar-refractivity contribution < 1.29 is 31.1 Å². The Kier molecular flexibility index (Phi) is 8.60. The largest absolute Gasteiger partial charge is 0.453 e. The zero-order valence-corrected chi connectivity index (χ0v) is 24.5. The van der Waals surface area contributed by atoms with E-state index in [0.29, 0.717) is 35.9 Å². The summed E-state index contributed by atoms with van der Waals surface area (Å²) in [6.07, 6.45) is 3.71. The molecule has 1 saturated carbocycles. The average Bonchev–Trinajstić information content (AvgIpc) is 3.71. The van der Waals surface area contributed by atoms with Crippen molar-refractivity contribution in [2.75, 3.05) is 11.8 Å². The number of methoxy groups -OCH3 is 1. The van der Waals surface area contributed by atoms with Gasteiger partial charge in [0.2, 0.25) is 0 Å². The highest BCUT2D eigenvalue weighted by Gasteiger charge is 2.31. The molecule has 1 aliphatic rings. The van der Waals surface area contributed by atoms with Crippen molar-refractivity contribution in [2.45, 2.75) is 49.5 Å². The fraction of sp³-hybridized carbons (Fsp3) is 0.286. The summed E-state index contributed by atoms with van der Waals surface area (Å²) in [4.78, 5) is 27.1. The molecule has 15 heteroatoms. The van der Waals surface area contributed by atoms with Crippen LogP contribution in [0.4, 0.5) is 23.7 Å². The lowest BCUT2D eigenvalue weighted by molar-refractivity contribution is 0.167. The molecule has 0 radical (unpaired) electrons. The number of amides is 1. The van der Waals surface area contributed by atoms with E-state index in [0.717, 1.165) is 43.2 Å². The van der Waals surface area contributed by atoms with Gasteiger partial charge in [0.25, 0.3) is 10.0 Å². The number of rotatable bonds is 10. The van der Waals surface area contributed by atoms with Crippen LogP contribution in [0.2, 0.25) is 5.02 Å². The molecule has 0 aliphatic heterocycles. The number of anilines is 1. The van der Waals surface area contributed by atoms with Crippen molar-refractivity contribution in [1.29, 1.82) is 0 Å². The number of ether oxygens (including phenoxy) is 1. The minimum absolute atomic E-state index is 0.0302. The van der Waals surface area contributed by atoms with E-state index < -0.39 is 44.2 Å². The number of hydrogen-bond acceptors (Lipinski definition) is 7. The Labute approximate surface area is 250 Å². The molecule has 0 saturated heterocycles. The van der Waals surface area contributed by atoms with Crippen LogP contribution in [-0.2, 0) is 21.2 Å². The molecule has 1 atom stereocenters. The number of sulfonamides is 1. The summed E-state index contributed by atoms with van der Waals surface area (Å²) < 4.78 is 76.0. The number of aromatic amines is 1. The Morgan fingerprint density at radius 1 is 1.16 bits per heavy atom. The number of nitrogens with zero attached hydrogens (tertiary/aromatic N) is 3. The summed E-state index contributed by atoms with van der Waals surface area (Å²) in [7, 11) is -3.56. The van der Waals surface area contributed by atoms with Gasteiger partial charge in [-0.25, -0.2) is 41.3 Å². The summed E-state index contributed by atoms with van der Waals surface area (Å²) in [6, 6.07) is 5.91. The third kappa shape index (κ3) is 6.75. The van der Waals surface area contributed by atoms with Crippen LogP contribution in [0, 0.1) is 17.5 Å². The first-order valence-corrected chi connectivity index (χ1v) is 15.1. The van der Waals surface area contributed by atoms with Crippen molar-refractivity contribution in [3.63, 3.8) is 0 Å². The molecule has 2 aromatic heterocycles. The van der Waals surface area contributed by atoms with Gasteiger partial charge >= 0.3 is 6.09 Å². The van der Waals surface area contributed by atoms with Crippen LogP contribution in [0.3, 0.4) is 0 Å². The number of carbonyl (C=O) groups is 1. The van der Waals surface area contributed by atoms with E-state index >= 15 is 0 Å². The van der Waals surface area contributed by atoms with Gasteiger partial charge in [0, 0.05) is 30.1 Å². The molecule has 0 spiro atoms. The standard InChI is InChI=1S/C28H26ClF3N6O4S/c1-14(34-28(39)42-2)6-9-22-33-11-10-20(35-22)25-24(36-27(37-25)15-7-8-15)17-12-16(30)13-21(23(17)29)38-43(40,41)26-18(31)4-3-5-19(26)32/h3-5,10-15,38H,6-9H2,1-2H3,(H,34,39)(H,36,37)/t14-/m0/s1. The molecule has 226 valence electrons. The van der Waals surface area contributed by atoms with Crippen molar-refractivity contribution in [2.24, 2.45) is 0 Å². The van der Waals surface area contributed by atoms with Gasteiger partial charge in [-0.05, 0) is 56.5 Å². The molecule has 2 heterocycles. The summed E-state index contributed by atoms with van der Waals surface area (Å²) in [5, 5.41) is 2.43. The maximum atomic E-state index is 15.0. The van der Waals surface area contributed by atoms with Crippen LogP contribution in [0.5, 0.6) is 0 Å². The lowest BCUT2D eigenvalue weighted by Crippen LogP contribution is -2.32. The second-order valence-electron chi connectivity index (χ2n) is 10.0. The van der Waals surface area contributed by atoms with Gasteiger partial charge in [-0.3, -0.25) is 4.72 Å². The number of aryl methyl sites for hydroxylation is 1. The molecule has 43 heavy (non-hydrogen) atoms. The van der Waals surface area contributed by atoms with Crippen LogP contribution in [0.1, 0.15) is 43.8 Å². The van der Waals surface area contributed by atoms with Gasteiger partial charge in [-0.15, -0.1) is 0 Å². The summed E-state index contributed by atoms with van der Waals surface area (Å²) in [6.45, 7) is 1.81. The number of benzene rings is 2. The van der Waals surface area contributed by atoms with Crippen molar-refractivity contribution in [3.8, 4) is 22.6 Å². The lowest BCUT2D eigenvalue weighted by Gasteiger charge is -2.14. The molecule has 4 aromatic rings. The quantitative estimate of drug-likeness (QED) is 0.196. The molecule has 1 fully saturated rings. The number of alkyl carbamates (subject to hydrolysis) is 1. The minimum Gasteiger partial charge on any atom is -0.453 e. The van der Waals surface area contributed by atoms with E-state index in [1.54, 1.807) is 12.3 Å². The zero-order chi connectivity index (χ0) is 30.9. The molecule has 5 rings (SSSR count). The van der Waals surface area contributed by atoms with E-state index in [-0.39, 0.29) is 28.2 Å². The van der Waals surface area contributed by atoms with Gasteiger partial charge in [-0.1, -0.05) is 17.7 Å². The van der Waals surface area contributed by atoms with E-state index in [2.05, 4.69) is 30.0 Å². The van der Waals surface area contributed by atoms with E-state index in [1.807, 2.05) is 11.6 Å². The predicted octanol–water partition coefficient (Wildman–Crippen LogP) is 5.96. The summed E-state index contributed by atoms with van der Waals surface area (Å²) >= 11 is 6.61. The number of aromatic nitrogens is 4. The zero-order valence-electron chi connectivity index (χ0n) is 22.9. The molecule has 2 aromatic carbocycles. The highest BCUT2D eigenvalue weighted by Crippen LogP contribution is 2.44. The first-order valence-electron chi connectivity index (χ1n) is 13.2. The van der Waals surface area contributed by atoms with Gasteiger partial charge < -0.3 is 15.0 Å². The van der Waals surface area contributed by atoms with Crippen molar-refractivity contribution >= 4 is 33.4 Å². The van der Waals surface area contributed by atoms with Gasteiger partial charge in [0.05, 0.1) is 34.9 Å². The predicted molar refractivity (Wildman–Crippen MR) is 152 cm³/mol. The normalized spacial score (nSPS) is 13.9. The third-order valence-corrected chi connectivity index (χ3v) is 8.55. The van der Waals surface area contributed by atoms with Crippen LogP contribution in [-0.4, -0.2) is 47.6 Å². The first-order chi connectivity index (χ1) is 20.5. The summed E-state index contributed by atoms with van der Waals surface area (Å²) in [5.74, 6) is -2.28. The number of nitrogens with one attached hydrogen (secondary N) is 3. The maximum Gasteiger partial charge on any atom is 0.407 e. The second-order valence-corrected chi connectivity index (χ2v) is 12.0. The van der Waals surface area contributed by atoms with Crippen LogP contribution in [0.25, 0.3) is 22.6 Å². The molecule has 1 aliphatic carbocycles. The highest BCUT2D eigenvalue weighted by atomic mass is 35.5. The molecular formula is C28H26ClF3N6O4S. The van der Waals surface area contributed by atoms with E-state index in [1.165, 1.54) is 7.11 Å². The van der Waals surface area contributed by atoms with Gasteiger partial charge in [-0.2, -0.15) is 0 Å². The number of H-pyrrole nitrogens is 1. The van der Waals surface area contributed by atoms with Gasteiger partial charge in [0.1, 0.15) is 29.1 Å². The molecule has 3 N–H and O–H groups in total. The Balaban J connectivity index is 1.51. The molecular weight excluding hydrogens is 609 g/mol. The van der Waals surface area contributed by atoms with E-state index in [4.69, 9.17) is 11.6 Å². The SMILES string of the molecule is COC(=O)N[C@@H](C)CCc1nccc(-c2[nH]c(C3CC3)nc2-c2cc(F)cc(NS(=O)(=O)c3c(F)cccc3F)c2Cl)n1. The van der Waals surface area contributed by atoms with Crippen LogP contribution in [0.15, 0.2) is 47.5 Å². The molecule has 0 bridgehead atoms. The highest BCUT2D eigenvalue weighted by molar-refractivity contribution is 7.92. The van der Waals surface area contributed by atoms with Crippen LogP contribution >= 0.6 is 11.6 Å².